The van der Waals surface area contributed by atoms with Crippen LogP contribution in [0.3, 0.4) is 0 Å². The summed E-state index contributed by atoms with van der Waals surface area (Å²) < 4.78 is 13.0. The average Bonchev–Trinajstić information content (AvgIpc) is 3.50. The number of aliphatic hydroxyl groups is 2. The minimum Gasteiger partial charge on any atom is -0.481 e. The monoisotopic (exact) mass is 602 g/mol. The van der Waals surface area contributed by atoms with E-state index in [9.17, 15) is 19.8 Å². The molecule has 2 aliphatic rings. The van der Waals surface area contributed by atoms with Crippen LogP contribution in [0.1, 0.15) is 73.2 Å². The highest BCUT2D eigenvalue weighted by atomic mass is 16.7. The first-order chi connectivity index (χ1) is 21.4. The van der Waals surface area contributed by atoms with Crippen molar-refractivity contribution >= 4 is 11.9 Å². The number of rotatable bonds is 13. The number of ether oxygens (including phenoxy) is 2. The van der Waals surface area contributed by atoms with E-state index < -0.39 is 12.3 Å². The first-order valence-electron chi connectivity index (χ1n) is 15.4. The van der Waals surface area contributed by atoms with E-state index in [1.54, 1.807) is 0 Å². The molecule has 3 aromatic carbocycles. The van der Waals surface area contributed by atoms with Crippen LogP contribution >= 0.6 is 0 Å². The first-order valence-corrected chi connectivity index (χ1v) is 15.4. The van der Waals surface area contributed by atoms with Gasteiger partial charge in [0.15, 0.2) is 6.29 Å². The second kappa shape index (κ2) is 15.4. The topological polar surface area (TPSA) is 129 Å². The summed E-state index contributed by atoms with van der Waals surface area (Å²) >= 11 is 0. The number of nitrogens with one attached hydrogen (secondary N) is 1. The zero-order valence-electron chi connectivity index (χ0n) is 24.9. The quantitative estimate of drug-likeness (QED) is 0.221. The average molecular weight is 603 g/mol. The molecule has 9 heteroatoms. The van der Waals surface area contributed by atoms with E-state index in [1.807, 2.05) is 72.8 Å². The predicted octanol–water partition coefficient (Wildman–Crippen LogP) is 4.72. The number of benzene rings is 3. The van der Waals surface area contributed by atoms with Gasteiger partial charge in [-0.25, -0.2) is 0 Å². The highest BCUT2D eigenvalue weighted by Crippen LogP contribution is 2.39. The lowest BCUT2D eigenvalue weighted by atomic mass is 9.98. The molecule has 5 rings (SSSR count). The maximum Gasteiger partial charge on any atom is 0.303 e. The van der Waals surface area contributed by atoms with E-state index in [0.29, 0.717) is 19.4 Å². The minimum atomic E-state index is -0.899. The standard InChI is InChI=1S/C35H42N2O7/c38-22-24-9-11-27(12-10-24)32-19-31(21-37-17-3-6-30(37)23-39)43-35(44-32)28-15-13-26(14-16-28)29-5-1-4-25(18-29)20-36-33(40)7-2-8-34(41)42/h1,4-5,9-16,18,30-32,35,38-39H,2-3,6-8,17,19-23H2,(H,36,40)(H,41,42)/t30-,31-,32+,35+/m0/s1. The fourth-order valence-electron chi connectivity index (χ4n) is 6.02. The minimum absolute atomic E-state index is 0.00381. The Morgan fingerprint density at radius 2 is 1.66 bits per heavy atom. The van der Waals surface area contributed by atoms with Crippen molar-refractivity contribution in [3.63, 3.8) is 0 Å². The smallest absolute Gasteiger partial charge is 0.303 e. The van der Waals surface area contributed by atoms with Gasteiger partial charge in [0, 0.05) is 44.0 Å². The van der Waals surface area contributed by atoms with E-state index in [1.165, 1.54) is 0 Å². The summed E-state index contributed by atoms with van der Waals surface area (Å²) in [5.74, 6) is -1.06. The second-order valence-electron chi connectivity index (χ2n) is 11.7. The van der Waals surface area contributed by atoms with Gasteiger partial charge in [0.05, 0.1) is 25.4 Å². The van der Waals surface area contributed by atoms with E-state index in [2.05, 4.69) is 10.2 Å². The van der Waals surface area contributed by atoms with Crippen LogP contribution in [0.15, 0.2) is 72.8 Å². The van der Waals surface area contributed by atoms with Crippen LogP contribution in [0.25, 0.3) is 11.1 Å². The van der Waals surface area contributed by atoms with Crippen molar-refractivity contribution in [3.8, 4) is 11.1 Å². The molecule has 0 spiro atoms. The van der Waals surface area contributed by atoms with Crippen molar-refractivity contribution < 1.29 is 34.4 Å². The number of aliphatic carboxylic acids is 1. The molecule has 2 aliphatic heterocycles. The molecule has 3 aromatic rings. The van der Waals surface area contributed by atoms with Gasteiger partial charge in [-0.15, -0.1) is 0 Å². The van der Waals surface area contributed by atoms with Gasteiger partial charge in [-0.05, 0) is 59.7 Å². The molecule has 0 aliphatic carbocycles. The third-order valence-electron chi connectivity index (χ3n) is 8.49. The maximum absolute atomic E-state index is 12.1. The van der Waals surface area contributed by atoms with Crippen molar-refractivity contribution in [2.75, 3.05) is 19.7 Å². The van der Waals surface area contributed by atoms with E-state index in [4.69, 9.17) is 14.6 Å². The van der Waals surface area contributed by atoms with E-state index >= 15 is 0 Å². The van der Waals surface area contributed by atoms with Gasteiger partial charge >= 0.3 is 5.97 Å². The van der Waals surface area contributed by atoms with Crippen LogP contribution in [0.4, 0.5) is 0 Å². The summed E-state index contributed by atoms with van der Waals surface area (Å²) in [5.41, 5.74) is 5.81. The summed E-state index contributed by atoms with van der Waals surface area (Å²) in [7, 11) is 0. The van der Waals surface area contributed by atoms with Gasteiger partial charge in [0.25, 0.3) is 0 Å². The molecule has 0 unspecified atom stereocenters. The number of hydrogen-bond donors (Lipinski definition) is 4. The Morgan fingerprint density at radius 3 is 2.39 bits per heavy atom. The number of nitrogens with zero attached hydrogens (tertiary/aromatic N) is 1. The summed E-state index contributed by atoms with van der Waals surface area (Å²) in [4.78, 5) is 25.1. The Hall–Kier alpha value is -3.60. The zero-order chi connectivity index (χ0) is 30.9. The molecule has 1 amide bonds. The maximum atomic E-state index is 12.1. The number of carboxylic acids is 1. The Kier molecular flexibility index (Phi) is 11.1. The molecule has 2 fully saturated rings. The largest absolute Gasteiger partial charge is 0.481 e. The number of aliphatic hydroxyl groups excluding tert-OH is 2. The molecule has 9 nitrogen and oxygen atoms in total. The normalized spacial score (nSPS) is 22.1. The molecule has 2 heterocycles. The Bertz CT molecular complexity index is 1380. The van der Waals surface area contributed by atoms with Crippen LogP contribution in [-0.2, 0) is 32.2 Å². The number of carboxylic acid groups (broad SMARTS) is 1. The molecule has 4 N–H and O–H groups in total. The van der Waals surface area contributed by atoms with Crippen molar-refractivity contribution in [2.24, 2.45) is 0 Å². The van der Waals surface area contributed by atoms with Crippen molar-refractivity contribution in [1.29, 1.82) is 0 Å². The summed E-state index contributed by atoms with van der Waals surface area (Å²) in [5, 5.41) is 31.0. The van der Waals surface area contributed by atoms with E-state index in [-0.39, 0.29) is 50.2 Å². The molecule has 234 valence electrons. The SMILES string of the molecule is O=C(O)CCCC(=O)NCc1cccc(-c2ccc([C@@H]3O[C@H](CN4CCC[C@H]4CO)C[C@H](c4ccc(CO)cc4)O3)cc2)c1. The molecular formula is C35H42N2O7. The van der Waals surface area contributed by atoms with Crippen LogP contribution in [0.5, 0.6) is 0 Å². The third kappa shape index (κ3) is 8.52. The fraction of sp³-hybridized carbons (Fsp3) is 0.429. The van der Waals surface area contributed by atoms with Gasteiger partial charge < -0.3 is 30.1 Å². The number of carbonyl (C=O) groups is 2. The molecule has 44 heavy (non-hydrogen) atoms. The molecular weight excluding hydrogens is 560 g/mol. The lowest BCUT2D eigenvalue weighted by molar-refractivity contribution is -0.253. The fourth-order valence-corrected chi connectivity index (χ4v) is 6.02. The summed E-state index contributed by atoms with van der Waals surface area (Å²) in [6.45, 7) is 2.21. The highest BCUT2D eigenvalue weighted by Gasteiger charge is 2.35. The molecule has 0 aromatic heterocycles. The Balaban J connectivity index is 1.27. The summed E-state index contributed by atoms with van der Waals surface area (Å²) in [6, 6.07) is 24.1. The third-order valence-corrected chi connectivity index (χ3v) is 8.49. The molecule has 0 saturated carbocycles. The van der Waals surface area contributed by atoms with Crippen molar-refractivity contribution in [1.82, 2.24) is 10.2 Å². The molecule has 4 atom stereocenters. The predicted molar refractivity (Wildman–Crippen MR) is 165 cm³/mol. The van der Waals surface area contributed by atoms with Gasteiger partial charge in [0.1, 0.15) is 0 Å². The van der Waals surface area contributed by atoms with Crippen molar-refractivity contribution in [3.05, 3.63) is 95.1 Å². The number of hydrogen-bond acceptors (Lipinski definition) is 7. The molecule has 0 radical (unpaired) electrons. The lowest BCUT2D eigenvalue weighted by Crippen LogP contribution is -2.42. The van der Waals surface area contributed by atoms with Gasteiger partial charge in [0.2, 0.25) is 5.91 Å². The first kappa shape index (κ1) is 31.8. The van der Waals surface area contributed by atoms with Crippen LogP contribution < -0.4 is 5.32 Å². The van der Waals surface area contributed by atoms with E-state index in [0.717, 1.165) is 59.3 Å². The van der Waals surface area contributed by atoms with Gasteiger partial charge in [-0.3, -0.25) is 14.5 Å². The Morgan fingerprint density at radius 1 is 0.886 bits per heavy atom. The van der Waals surface area contributed by atoms with Crippen molar-refractivity contribution in [2.45, 2.75) is 76.2 Å². The van der Waals surface area contributed by atoms with Gasteiger partial charge in [-0.1, -0.05) is 66.7 Å². The van der Waals surface area contributed by atoms with Crippen LogP contribution in [0.2, 0.25) is 0 Å². The van der Waals surface area contributed by atoms with Gasteiger partial charge in [-0.2, -0.15) is 0 Å². The number of amides is 1. The van der Waals surface area contributed by atoms with Crippen LogP contribution in [-0.4, -0.2) is 63.9 Å². The van der Waals surface area contributed by atoms with Crippen LogP contribution in [0, 0.1) is 0 Å². The molecule has 0 bridgehead atoms. The zero-order valence-corrected chi connectivity index (χ0v) is 24.9. The lowest BCUT2D eigenvalue weighted by Gasteiger charge is -2.38. The Labute approximate surface area is 258 Å². The molecule has 2 saturated heterocycles. The second-order valence-corrected chi connectivity index (χ2v) is 11.7. The summed E-state index contributed by atoms with van der Waals surface area (Å²) in [6.07, 6.45) is 2.47. The highest BCUT2D eigenvalue weighted by molar-refractivity contribution is 5.76. The number of likely N-dealkylation sites (tertiary alicyclic amines) is 1. The number of carbonyl (C=O) groups excluding carboxylic acids is 1.